The van der Waals surface area contributed by atoms with Crippen LogP contribution in [0.3, 0.4) is 0 Å². The Morgan fingerprint density at radius 2 is 2.17 bits per heavy atom. The van der Waals surface area contributed by atoms with E-state index in [-0.39, 0.29) is 11.3 Å². The fraction of sp³-hybridized carbons (Fsp3) is 0.643. The second-order valence-corrected chi connectivity index (χ2v) is 7.17. The van der Waals surface area contributed by atoms with Gasteiger partial charge in [-0.3, -0.25) is 4.79 Å². The van der Waals surface area contributed by atoms with Gasteiger partial charge in [0.05, 0.1) is 0 Å². The second kappa shape index (κ2) is 7.29. The third kappa shape index (κ3) is 5.11. The summed E-state index contributed by atoms with van der Waals surface area (Å²) in [7, 11) is 0. The van der Waals surface area contributed by atoms with Crippen LogP contribution in [0.5, 0.6) is 0 Å². The standard InChI is InChI=1S/C14H22BrNOS/c1-4-5-6-8-14(2,3)10-16-13(17)12-11(15)7-9-18-12/h7,9H,4-6,8,10H2,1-3H3,(H,16,17). The smallest absolute Gasteiger partial charge is 0.262 e. The number of unbranched alkanes of at least 4 members (excludes halogenated alkanes) is 2. The van der Waals surface area contributed by atoms with Gasteiger partial charge in [0, 0.05) is 11.0 Å². The first-order chi connectivity index (χ1) is 8.46. The molecule has 1 aromatic heterocycles. The summed E-state index contributed by atoms with van der Waals surface area (Å²) in [5.74, 6) is 0.0282. The molecule has 2 nitrogen and oxygen atoms in total. The van der Waals surface area contributed by atoms with Gasteiger partial charge >= 0.3 is 0 Å². The van der Waals surface area contributed by atoms with Crippen LogP contribution in [-0.4, -0.2) is 12.5 Å². The molecule has 0 aromatic carbocycles. The number of nitrogens with one attached hydrogen (secondary N) is 1. The number of carbonyl (C=O) groups excluding carboxylic acids is 1. The molecule has 0 aliphatic rings. The van der Waals surface area contributed by atoms with Gasteiger partial charge in [0.2, 0.25) is 0 Å². The molecular formula is C14H22BrNOS. The van der Waals surface area contributed by atoms with Crippen LogP contribution in [0.15, 0.2) is 15.9 Å². The van der Waals surface area contributed by atoms with Gasteiger partial charge in [0.25, 0.3) is 5.91 Å². The lowest BCUT2D eigenvalue weighted by atomic mass is 9.87. The molecule has 1 heterocycles. The van der Waals surface area contributed by atoms with E-state index < -0.39 is 0 Å². The van der Waals surface area contributed by atoms with Gasteiger partial charge in [-0.25, -0.2) is 0 Å². The zero-order chi connectivity index (χ0) is 13.6. The van der Waals surface area contributed by atoms with E-state index >= 15 is 0 Å². The topological polar surface area (TPSA) is 29.1 Å². The van der Waals surface area contributed by atoms with E-state index in [9.17, 15) is 4.79 Å². The minimum absolute atomic E-state index is 0.0282. The van der Waals surface area contributed by atoms with Gasteiger partial charge in [-0.2, -0.15) is 0 Å². The van der Waals surface area contributed by atoms with Crippen LogP contribution in [0.25, 0.3) is 0 Å². The largest absolute Gasteiger partial charge is 0.351 e. The second-order valence-electron chi connectivity index (χ2n) is 5.40. The molecule has 0 saturated carbocycles. The molecule has 1 aromatic rings. The summed E-state index contributed by atoms with van der Waals surface area (Å²) in [6.07, 6.45) is 4.91. The van der Waals surface area contributed by atoms with E-state index in [0.717, 1.165) is 22.3 Å². The van der Waals surface area contributed by atoms with Crippen LogP contribution in [-0.2, 0) is 0 Å². The molecule has 1 rings (SSSR count). The van der Waals surface area contributed by atoms with E-state index in [1.165, 1.54) is 30.6 Å². The van der Waals surface area contributed by atoms with Gasteiger partial charge < -0.3 is 5.32 Å². The first kappa shape index (κ1) is 15.7. The Morgan fingerprint density at radius 1 is 1.44 bits per heavy atom. The number of carbonyl (C=O) groups is 1. The Hall–Kier alpha value is -0.350. The van der Waals surface area contributed by atoms with E-state index in [2.05, 4.69) is 42.0 Å². The van der Waals surface area contributed by atoms with Gasteiger partial charge in [0.1, 0.15) is 4.88 Å². The molecule has 0 fully saturated rings. The molecule has 0 atom stereocenters. The molecule has 18 heavy (non-hydrogen) atoms. The van der Waals surface area contributed by atoms with Crippen LogP contribution in [0.4, 0.5) is 0 Å². The normalized spacial score (nSPS) is 11.6. The SMILES string of the molecule is CCCCCC(C)(C)CNC(=O)c1sccc1Br. The monoisotopic (exact) mass is 331 g/mol. The number of halogens is 1. The maximum Gasteiger partial charge on any atom is 0.262 e. The number of hydrogen-bond donors (Lipinski definition) is 1. The Morgan fingerprint density at radius 3 is 2.72 bits per heavy atom. The maximum absolute atomic E-state index is 12.0. The van der Waals surface area contributed by atoms with Crippen molar-refractivity contribution in [2.45, 2.75) is 46.5 Å². The Kier molecular flexibility index (Phi) is 6.36. The maximum atomic E-state index is 12.0. The van der Waals surface area contributed by atoms with Crippen molar-refractivity contribution in [2.75, 3.05) is 6.54 Å². The highest BCUT2D eigenvalue weighted by molar-refractivity contribution is 9.10. The van der Waals surface area contributed by atoms with Crippen molar-refractivity contribution in [3.05, 3.63) is 20.8 Å². The minimum atomic E-state index is 0.0282. The van der Waals surface area contributed by atoms with Crippen molar-refractivity contribution in [3.63, 3.8) is 0 Å². The predicted octanol–water partition coefficient (Wildman–Crippen LogP) is 4.85. The van der Waals surface area contributed by atoms with Gasteiger partial charge in [-0.15, -0.1) is 11.3 Å². The number of thiophene rings is 1. The number of amides is 1. The van der Waals surface area contributed by atoms with Crippen LogP contribution in [0.2, 0.25) is 0 Å². The summed E-state index contributed by atoms with van der Waals surface area (Å²) in [6.45, 7) is 7.38. The molecule has 102 valence electrons. The lowest BCUT2D eigenvalue weighted by Gasteiger charge is -2.24. The van der Waals surface area contributed by atoms with Crippen molar-refractivity contribution in [2.24, 2.45) is 5.41 Å². The molecule has 4 heteroatoms. The van der Waals surface area contributed by atoms with Gasteiger partial charge in [-0.05, 0) is 39.2 Å². The summed E-state index contributed by atoms with van der Waals surface area (Å²) in [4.78, 5) is 12.7. The Balaban J connectivity index is 2.40. The molecule has 0 aliphatic carbocycles. The molecule has 1 N–H and O–H groups in total. The van der Waals surface area contributed by atoms with Gasteiger partial charge in [-0.1, -0.05) is 40.0 Å². The first-order valence-electron chi connectivity index (χ1n) is 6.47. The molecular weight excluding hydrogens is 310 g/mol. The average molecular weight is 332 g/mol. The molecule has 0 radical (unpaired) electrons. The molecule has 0 bridgehead atoms. The molecule has 0 saturated heterocycles. The zero-order valence-corrected chi connectivity index (χ0v) is 13.8. The molecule has 1 amide bonds. The van der Waals surface area contributed by atoms with E-state index in [1.807, 2.05) is 11.4 Å². The summed E-state index contributed by atoms with van der Waals surface area (Å²) in [6, 6.07) is 1.91. The van der Waals surface area contributed by atoms with Crippen LogP contribution >= 0.6 is 27.3 Å². The van der Waals surface area contributed by atoms with E-state index in [0.29, 0.717) is 0 Å². The highest BCUT2D eigenvalue weighted by atomic mass is 79.9. The molecule has 0 spiro atoms. The van der Waals surface area contributed by atoms with E-state index in [1.54, 1.807) is 0 Å². The lowest BCUT2D eigenvalue weighted by molar-refractivity contribution is 0.0937. The van der Waals surface area contributed by atoms with Crippen LogP contribution < -0.4 is 5.32 Å². The summed E-state index contributed by atoms with van der Waals surface area (Å²) in [5.41, 5.74) is 0.175. The van der Waals surface area contributed by atoms with Crippen LogP contribution in [0, 0.1) is 5.41 Å². The fourth-order valence-electron chi connectivity index (χ4n) is 1.80. The Bertz CT molecular complexity index is 387. The highest BCUT2D eigenvalue weighted by Crippen LogP contribution is 2.25. The first-order valence-corrected chi connectivity index (χ1v) is 8.15. The summed E-state index contributed by atoms with van der Waals surface area (Å²) >= 11 is 4.86. The quantitative estimate of drug-likeness (QED) is 0.711. The highest BCUT2D eigenvalue weighted by Gasteiger charge is 2.19. The predicted molar refractivity (Wildman–Crippen MR) is 82.3 cm³/mol. The third-order valence-electron chi connectivity index (χ3n) is 3.01. The van der Waals surface area contributed by atoms with Crippen molar-refractivity contribution >= 4 is 33.2 Å². The zero-order valence-electron chi connectivity index (χ0n) is 11.4. The van der Waals surface area contributed by atoms with Crippen molar-refractivity contribution in [3.8, 4) is 0 Å². The average Bonchev–Trinajstić information content (AvgIpc) is 2.73. The van der Waals surface area contributed by atoms with Crippen molar-refractivity contribution in [1.29, 1.82) is 0 Å². The lowest BCUT2D eigenvalue weighted by Crippen LogP contribution is -2.33. The van der Waals surface area contributed by atoms with Crippen molar-refractivity contribution in [1.82, 2.24) is 5.32 Å². The van der Waals surface area contributed by atoms with Crippen molar-refractivity contribution < 1.29 is 4.79 Å². The summed E-state index contributed by atoms with van der Waals surface area (Å²) < 4.78 is 0.883. The van der Waals surface area contributed by atoms with Gasteiger partial charge in [0.15, 0.2) is 0 Å². The number of rotatable bonds is 7. The molecule has 0 unspecified atom stereocenters. The summed E-state index contributed by atoms with van der Waals surface area (Å²) in [5, 5.41) is 4.96. The fourth-order valence-corrected chi connectivity index (χ4v) is 3.27. The Labute approximate surface area is 122 Å². The minimum Gasteiger partial charge on any atom is -0.351 e. The molecule has 0 aliphatic heterocycles. The third-order valence-corrected chi connectivity index (χ3v) is 4.84. The number of hydrogen-bond acceptors (Lipinski definition) is 2. The van der Waals surface area contributed by atoms with Crippen LogP contribution in [0.1, 0.15) is 56.1 Å². The van der Waals surface area contributed by atoms with E-state index in [4.69, 9.17) is 0 Å².